The molecule has 1 N–H and O–H groups in total. The van der Waals surface area contributed by atoms with Gasteiger partial charge in [-0.25, -0.2) is 0 Å². The number of hydrogen-bond donors (Lipinski definition) is 1. The van der Waals surface area contributed by atoms with Gasteiger partial charge in [-0.3, -0.25) is 4.79 Å². The number of ether oxygens (including phenoxy) is 2. The number of methoxy groups -OCH3 is 1. The lowest BCUT2D eigenvalue weighted by Gasteiger charge is -2.11. The van der Waals surface area contributed by atoms with Crippen LogP contribution in [0.3, 0.4) is 0 Å². The number of esters is 1. The van der Waals surface area contributed by atoms with E-state index in [0.29, 0.717) is 13.0 Å². The van der Waals surface area contributed by atoms with Crippen molar-refractivity contribution in [3.63, 3.8) is 0 Å². The van der Waals surface area contributed by atoms with E-state index >= 15 is 0 Å². The van der Waals surface area contributed by atoms with Crippen molar-refractivity contribution in [1.82, 2.24) is 5.32 Å². The summed E-state index contributed by atoms with van der Waals surface area (Å²) in [7, 11) is 3.45. The fraction of sp³-hybridized carbons (Fsp3) is 0.889. The topological polar surface area (TPSA) is 47.6 Å². The van der Waals surface area contributed by atoms with Gasteiger partial charge in [0, 0.05) is 13.5 Å². The second kappa shape index (κ2) is 8.01. The predicted octanol–water partition coefficient (Wildman–Crippen LogP) is 0.564. The maximum atomic E-state index is 11.1. The van der Waals surface area contributed by atoms with E-state index in [-0.39, 0.29) is 12.1 Å². The van der Waals surface area contributed by atoms with Crippen LogP contribution in [0.2, 0.25) is 0 Å². The van der Waals surface area contributed by atoms with E-state index < -0.39 is 0 Å². The summed E-state index contributed by atoms with van der Waals surface area (Å²) in [5.41, 5.74) is 0. The molecular formula is C9H19NO3. The summed E-state index contributed by atoms with van der Waals surface area (Å²) >= 11 is 0. The van der Waals surface area contributed by atoms with Crippen molar-refractivity contribution in [2.24, 2.45) is 0 Å². The van der Waals surface area contributed by atoms with E-state index in [0.717, 1.165) is 13.0 Å². The van der Waals surface area contributed by atoms with Crippen molar-refractivity contribution in [3.8, 4) is 0 Å². The zero-order valence-corrected chi connectivity index (χ0v) is 8.63. The smallest absolute Gasteiger partial charge is 0.306 e. The molecule has 0 spiro atoms. The third-order valence-electron chi connectivity index (χ3n) is 1.54. The first-order valence-electron chi connectivity index (χ1n) is 4.53. The molecule has 0 aliphatic carbocycles. The Morgan fingerprint density at radius 1 is 1.54 bits per heavy atom. The Morgan fingerprint density at radius 3 is 2.77 bits per heavy atom. The van der Waals surface area contributed by atoms with Crippen LogP contribution in [0, 0.1) is 0 Å². The number of carbonyl (C=O) groups is 1. The van der Waals surface area contributed by atoms with Gasteiger partial charge in [-0.1, -0.05) is 0 Å². The second-order valence-corrected chi connectivity index (χ2v) is 2.96. The Bertz CT molecular complexity index is 139. The van der Waals surface area contributed by atoms with Crippen molar-refractivity contribution >= 4 is 5.97 Å². The van der Waals surface area contributed by atoms with Crippen LogP contribution in [0.1, 0.15) is 19.8 Å². The molecule has 4 heteroatoms. The highest BCUT2D eigenvalue weighted by atomic mass is 16.6. The second-order valence-electron chi connectivity index (χ2n) is 2.96. The molecule has 0 fully saturated rings. The third kappa shape index (κ3) is 7.74. The Labute approximate surface area is 79.6 Å². The Balaban J connectivity index is 3.38. The molecule has 0 aromatic rings. The van der Waals surface area contributed by atoms with Crippen LogP contribution in [-0.2, 0) is 14.3 Å². The van der Waals surface area contributed by atoms with Crippen LogP contribution in [0.4, 0.5) is 0 Å². The van der Waals surface area contributed by atoms with Crippen molar-refractivity contribution in [2.75, 3.05) is 27.3 Å². The fourth-order valence-electron chi connectivity index (χ4n) is 0.962. The van der Waals surface area contributed by atoms with Gasteiger partial charge in [0.15, 0.2) is 0 Å². The highest BCUT2D eigenvalue weighted by Gasteiger charge is 2.07. The van der Waals surface area contributed by atoms with E-state index in [1.807, 2.05) is 14.0 Å². The lowest BCUT2D eigenvalue weighted by molar-refractivity contribution is -0.150. The van der Waals surface area contributed by atoms with Crippen LogP contribution in [0.15, 0.2) is 0 Å². The summed E-state index contributed by atoms with van der Waals surface area (Å²) in [6.45, 7) is 3.12. The van der Waals surface area contributed by atoms with Crippen LogP contribution >= 0.6 is 0 Å². The SMILES string of the molecule is CNCCCC(=O)OC(C)COC. The number of hydrogen-bond acceptors (Lipinski definition) is 4. The van der Waals surface area contributed by atoms with Crippen LogP contribution < -0.4 is 5.32 Å². The van der Waals surface area contributed by atoms with Gasteiger partial charge in [0.25, 0.3) is 0 Å². The van der Waals surface area contributed by atoms with Gasteiger partial charge in [-0.15, -0.1) is 0 Å². The van der Waals surface area contributed by atoms with Crippen molar-refractivity contribution < 1.29 is 14.3 Å². The molecule has 0 aliphatic heterocycles. The molecule has 0 amide bonds. The standard InChI is InChI=1S/C9H19NO3/c1-8(7-12-3)13-9(11)5-4-6-10-2/h8,10H,4-7H2,1-3H3. The molecule has 0 aromatic carbocycles. The van der Waals surface area contributed by atoms with Gasteiger partial charge < -0.3 is 14.8 Å². The van der Waals surface area contributed by atoms with Gasteiger partial charge in [0.1, 0.15) is 6.10 Å². The zero-order chi connectivity index (χ0) is 10.1. The predicted molar refractivity (Wildman–Crippen MR) is 50.6 cm³/mol. The summed E-state index contributed by atoms with van der Waals surface area (Å²) < 4.78 is 9.89. The Hall–Kier alpha value is -0.610. The largest absolute Gasteiger partial charge is 0.460 e. The number of carbonyl (C=O) groups excluding carboxylic acids is 1. The molecule has 0 saturated heterocycles. The van der Waals surface area contributed by atoms with Crippen molar-refractivity contribution in [3.05, 3.63) is 0 Å². The minimum atomic E-state index is -0.153. The molecule has 1 atom stereocenters. The van der Waals surface area contributed by atoms with Crippen LogP contribution in [0.25, 0.3) is 0 Å². The molecule has 0 radical (unpaired) electrons. The normalized spacial score (nSPS) is 12.5. The summed E-state index contributed by atoms with van der Waals surface area (Å²) in [6, 6.07) is 0. The number of rotatable bonds is 7. The number of nitrogens with one attached hydrogen (secondary N) is 1. The molecule has 0 saturated carbocycles. The first kappa shape index (κ1) is 12.4. The molecule has 13 heavy (non-hydrogen) atoms. The maximum Gasteiger partial charge on any atom is 0.306 e. The van der Waals surface area contributed by atoms with E-state index in [1.54, 1.807) is 7.11 Å². The fourth-order valence-corrected chi connectivity index (χ4v) is 0.962. The molecule has 78 valence electrons. The van der Waals surface area contributed by atoms with Crippen molar-refractivity contribution in [1.29, 1.82) is 0 Å². The maximum absolute atomic E-state index is 11.1. The molecule has 0 aliphatic rings. The first-order valence-corrected chi connectivity index (χ1v) is 4.53. The van der Waals surface area contributed by atoms with E-state index in [2.05, 4.69) is 5.32 Å². The quantitative estimate of drug-likeness (QED) is 0.469. The Morgan fingerprint density at radius 2 is 2.23 bits per heavy atom. The Kier molecular flexibility index (Phi) is 7.63. The summed E-state index contributed by atoms with van der Waals surface area (Å²) in [4.78, 5) is 11.1. The molecule has 4 nitrogen and oxygen atoms in total. The molecule has 0 bridgehead atoms. The molecule has 1 unspecified atom stereocenters. The minimum Gasteiger partial charge on any atom is -0.460 e. The lowest BCUT2D eigenvalue weighted by atomic mass is 10.3. The van der Waals surface area contributed by atoms with E-state index in [4.69, 9.17) is 9.47 Å². The third-order valence-corrected chi connectivity index (χ3v) is 1.54. The summed E-state index contributed by atoms with van der Waals surface area (Å²) in [5, 5.41) is 2.97. The molecule has 0 rings (SSSR count). The van der Waals surface area contributed by atoms with E-state index in [1.165, 1.54) is 0 Å². The average molecular weight is 189 g/mol. The summed E-state index contributed by atoms with van der Waals surface area (Å²) in [5.74, 6) is -0.153. The van der Waals surface area contributed by atoms with E-state index in [9.17, 15) is 4.79 Å². The van der Waals surface area contributed by atoms with Gasteiger partial charge >= 0.3 is 5.97 Å². The molecule has 0 aromatic heterocycles. The van der Waals surface area contributed by atoms with Gasteiger partial charge in [0.05, 0.1) is 6.61 Å². The van der Waals surface area contributed by atoms with Crippen LogP contribution in [-0.4, -0.2) is 39.4 Å². The zero-order valence-electron chi connectivity index (χ0n) is 8.63. The van der Waals surface area contributed by atoms with Crippen LogP contribution in [0.5, 0.6) is 0 Å². The minimum absolute atomic E-state index is 0.146. The lowest BCUT2D eigenvalue weighted by Crippen LogP contribution is -2.20. The highest BCUT2D eigenvalue weighted by molar-refractivity contribution is 5.69. The van der Waals surface area contributed by atoms with Gasteiger partial charge in [-0.05, 0) is 26.9 Å². The van der Waals surface area contributed by atoms with Gasteiger partial charge in [0.2, 0.25) is 0 Å². The van der Waals surface area contributed by atoms with Crippen molar-refractivity contribution in [2.45, 2.75) is 25.9 Å². The summed E-state index contributed by atoms with van der Waals surface area (Å²) in [6.07, 6.45) is 1.14. The first-order chi connectivity index (χ1) is 6.20. The molecule has 0 heterocycles. The average Bonchev–Trinajstić information content (AvgIpc) is 2.05. The molecular weight excluding hydrogens is 170 g/mol. The van der Waals surface area contributed by atoms with Gasteiger partial charge in [-0.2, -0.15) is 0 Å². The monoisotopic (exact) mass is 189 g/mol. The highest BCUT2D eigenvalue weighted by Crippen LogP contribution is 1.97.